The first-order valence-corrected chi connectivity index (χ1v) is 5.88. The summed E-state index contributed by atoms with van der Waals surface area (Å²) in [6.07, 6.45) is 1.43. The normalized spacial score (nSPS) is 10.8. The third-order valence-corrected chi connectivity index (χ3v) is 2.55. The molecule has 0 saturated carbocycles. The summed E-state index contributed by atoms with van der Waals surface area (Å²) in [5.41, 5.74) is 1.42. The Morgan fingerprint density at radius 2 is 2.12 bits per heavy atom. The Labute approximate surface area is 104 Å². The molecule has 2 rings (SSSR count). The van der Waals surface area contributed by atoms with Crippen molar-refractivity contribution in [1.29, 1.82) is 0 Å². The average Bonchev–Trinajstić information content (AvgIpc) is 2.73. The minimum Gasteiger partial charge on any atom is -0.421 e. The maximum absolute atomic E-state index is 13.2. The SMILES string of the molecule is Cc1cc(F)cc(-c2nnc(CCCCl)o2)c1. The van der Waals surface area contributed by atoms with Gasteiger partial charge in [-0.05, 0) is 37.1 Å². The molecule has 0 fully saturated rings. The summed E-state index contributed by atoms with van der Waals surface area (Å²) in [6, 6.07) is 4.64. The lowest BCUT2D eigenvalue weighted by Gasteiger charge is -1.97. The van der Waals surface area contributed by atoms with E-state index in [1.54, 1.807) is 0 Å². The Morgan fingerprint density at radius 3 is 2.82 bits per heavy atom. The van der Waals surface area contributed by atoms with Gasteiger partial charge in [0.15, 0.2) is 0 Å². The van der Waals surface area contributed by atoms with Gasteiger partial charge in [0.05, 0.1) is 0 Å². The summed E-state index contributed by atoms with van der Waals surface area (Å²) >= 11 is 5.58. The van der Waals surface area contributed by atoms with Crippen molar-refractivity contribution in [3.05, 3.63) is 35.5 Å². The van der Waals surface area contributed by atoms with Crippen molar-refractivity contribution in [3.63, 3.8) is 0 Å². The summed E-state index contributed by atoms with van der Waals surface area (Å²) in [4.78, 5) is 0. The Morgan fingerprint density at radius 1 is 1.29 bits per heavy atom. The molecule has 0 bridgehead atoms. The summed E-state index contributed by atoms with van der Waals surface area (Å²) < 4.78 is 18.7. The number of halogens is 2. The van der Waals surface area contributed by atoms with E-state index in [0.29, 0.717) is 29.6 Å². The van der Waals surface area contributed by atoms with E-state index in [1.165, 1.54) is 12.1 Å². The zero-order valence-corrected chi connectivity index (χ0v) is 10.2. The van der Waals surface area contributed by atoms with Gasteiger partial charge in [0, 0.05) is 17.9 Å². The van der Waals surface area contributed by atoms with Crippen molar-refractivity contribution < 1.29 is 8.81 Å². The summed E-state index contributed by atoms with van der Waals surface area (Å²) in [7, 11) is 0. The number of hydrogen-bond donors (Lipinski definition) is 0. The van der Waals surface area contributed by atoms with Gasteiger partial charge in [-0.25, -0.2) is 4.39 Å². The third-order valence-electron chi connectivity index (χ3n) is 2.28. The smallest absolute Gasteiger partial charge is 0.247 e. The van der Waals surface area contributed by atoms with Gasteiger partial charge in [-0.3, -0.25) is 0 Å². The molecule has 0 aliphatic rings. The first-order valence-electron chi connectivity index (χ1n) is 5.35. The number of benzene rings is 1. The van der Waals surface area contributed by atoms with Crippen LogP contribution in [0.15, 0.2) is 22.6 Å². The number of rotatable bonds is 4. The molecule has 5 heteroatoms. The molecule has 0 atom stereocenters. The molecule has 0 amide bonds. The van der Waals surface area contributed by atoms with E-state index >= 15 is 0 Å². The zero-order chi connectivity index (χ0) is 12.3. The monoisotopic (exact) mass is 254 g/mol. The minimum atomic E-state index is -0.305. The highest BCUT2D eigenvalue weighted by Crippen LogP contribution is 2.21. The van der Waals surface area contributed by atoms with Crippen LogP contribution in [0, 0.1) is 12.7 Å². The van der Waals surface area contributed by atoms with Crippen molar-refractivity contribution in [2.24, 2.45) is 0 Å². The molecule has 0 N–H and O–H groups in total. The second kappa shape index (κ2) is 5.27. The van der Waals surface area contributed by atoms with Crippen molar-refractivity contribution >= 4 is 11.6 Å². The first-order chi connectivity index (χ1) is 8.19. The standard InChI is InChI=1S/C12H12ClFN2O/c1-8-5-9(7-10(14)6-8)12-16-15-11(17-12)3-2-4-13/h5-7H,2-4H2,1H3. The molecule has 0 radical (unpaired) electrons. The van der Waals surface area contributed by atoms with Gasteiger partial charge in [0.1, 0.15) is 5.82 Å². The summed E-state index contributed by atoms with van der Waals surface area (Å²) in [5.74, 6) is 1.12. The van der Waals surface area contributed by atoms with E-state index in [-0.39, 0.29) is 5.82 Å². The summed E-state index contributed by atoms with van der Waals surface area (Å²) in [5, 5.41) is 7.79. The number of alkyl halides is 1. The Balaban J connectivity index is 2.24. The first kappa shape index (κ1) is 12.0. The lowest BCUT2D eigenvalue weighted by Crippen LogP contribution is -1.85. The number of aryl methyl sites for hydroxylation is 2. The van der Waals surface area contributed by atoms with Crippen LogP contribution >= 0.6 is 11.6 Å². The summed E-state index contributed by atoms with van der Waals surface area (Å²) in [6.45, 7) is 1.82. The molecular formula is C12H12ClFN2O. The fourth-order valence-corrected chi connectivity index (χ4v) is 1.68. The molecule has 17 heavy (non-hydrogen) atoms. The Kier molecular flexibility index (Phi) is 3.74. The fraction of sp³-hybridized carbons (Fsp3) is 0.333. The Bertz CT molecular complexity index is 493. The lowest BCUT2D eigenvalue weighted by atomic mass is 10.1. The quantitative estimate of drug-likeness (QED) is 0.786. The average molecular weight is 255 g/mol. The molecule has 2 aromatic rings. The highest BCUT2D eigenvalue weighted by atomic mass is 35.5. The topological polar surface area (TPSA) is 38.9 Å². The van der Waals surface area contributed by atoms with Gasteiger partial charge in [0.2, 0.25) is 11.8 Å². The van der Waals surface area contributed by atoms with Crippen molar-refractivity contribution in [1.82, 2.24) is 10.2 Å². The van der Waals surface area contributed by atoms with Gasteiger partial charge in [0.25, 0.3) is 0 Å². The fourth-order valence-electron chi connectivity index (χ4n) is 1.55. The van der Waals surface area contributed by atoms with Crippen molar-refractivity contribution in [2.45, 2.75) is 19.8 Å². The van der Waals surface area contributed by atoms with Gasteiger partial charge >= 0.3 is 0 Å². The molecule has 0 aliphatic carbocycles. The molecular weight excluding hydrogens is 243 g/mol. The van der Waals surface area contributed by atoms with Crippen molar-refractivity contribution in [2.75, 3.05) is 5.88 Å². The molecule has 1 aromatic heterocycles. The maximum atomic E-state index is 13.2. The van der Waals surface area contributed by atoms with Gasteiger partial charge in [-0.2, -0.15) is 0 Å². The maximum Gasteiger partial charge on any atom is 0.247 e. The van der Waals surface area contributed by atoms with Crippen LogP contribution in [0.5, 0.6) is 0 Å². The van der Waals surface area contributed by atoms with Crippen LogP contribution in [-0.2, 0) is 6.42 Å². The third kappa shape index (κ3) is 3.03. The predicted octanol–water partition coefficient (Wildman–Crippen LogP) is 3.36. The van der Waals surface area contributed by atoms with E-state index < -0.39 is 0 Å². The van der Waals surface area contributed by atoms with Crippen LogP contribution in [0.25, 0.3) is 11.5 Å². The second-order valence-electron chi connectivity index (χ2n) is 3.81. The highest BCUT2D eigenvalue weighted by Gasteiger charge is 2.09. The van der Waals surface area contributed by atoms with E-state index in [1.807, 2.05) is 13.0 Å². The molecule has 0 aliphatic heterocycles. The van der Waals surface area contributed by atoms with Crippen LogP contribution in [0.4, 0.5) is 4.39 Å². The van der Waals surface area contributed by atoms with Gasteiger partial charge < -0.3 is 4.42 Å². The molecule has 0 saturated heterocycles. The number of nitrogens with zero attached hydrogens (tertiary/aromatic N) is 2. The molecule has 90 valence electrons. The van der Waals surface area contributed by atoms with Crippen LogP contribution in [0.3, 0.4) is 0 Å². The van der Waals surface area contributed by atoms with Gasteiger partial charge in [-0.1, -0.05) is 0 Å². The van der Waals surface area contributed by atoms with E-state index in [9.17, 15) is 4.39 Å². The van der Waals surface area contributed by atoms with E-state index in [0.717, 1.165) is 12.0 Å². The molecule has 3 nitrogen and oxygen atoms in total. The van der Waals surface area contributed by atoms with E-state index in [2.05, 4.69) is 10.2 Å². The molecule has 0 spiro atoms. The minimum absolute atomic E-state index is 0.305. The number of aromatic nitrogens is 2. The van der Waals surface area contributed by atoms with Crippen LogP contribution in [0.2, 0.25) is 0 Å². The molecule has 0 unspecified atom stereocenters. The second-order valence-corrected chi connectivity index (χ2v) is 4.19. The van der Waals surface area contributed by atoms with Gasteiger partial charge in [-0.15, -0.1) is 21.8 Å². The largest absolute Gasteiger partial charge is 0.421 e. The highest BCUT2D eigenvalue weighted by molar-refractivity contribution is 6.17. The molecule has 1 heterocycles. The van der Waals surface area contributed by atoms with Crippen LogP contribution in [0.1, 0.15) is 17.9 Å². The van der Waals surface area contributed by atoms with Crippen molar-refractivity contribution in [3.8, 4) is 11.5 Å². The van der Waals surface area contributed by atoms with Crippen LogP contribution in [-0.4, -0.2) is 16.1 Å². The zero-order valence-electron chi connectivity index (χ0n) is 9.41. The number of hydrogen-bond acceptors (Lipinski definition) is 3. The van der Waals surface area contributed by atoms with E-state index in [4.69, 9.17) is 16.0 Å². The molecule has 1 aromatic carbocycles. The predicted molar refractivity (Wildman–Crippen MR) is 63.5 cm³/mol. The Hall–Kier alpha value is -1.42. The van der Waals surface area contributed by atoms with Crippen LogP contribution < -0.4 is 0 Å². The lowest BCUT2D eigenvalue weighted by molar-refractivity contribution is 0.502.